The van der Waals surface area contributed by atoms with Crippen LogP contribution in [0.15, 0.2) is 24.3 Å². The quantitative estimate of drug-likeness (QED) is 0.891. The summed E-state index contributed by atoms with van der Waals surface area (Å²) in [5.74, 6) is -0.522. The maximum atomic E-state index is 11.7. The number of amides is 1. The number of nitrogens with zero attached hydrogens (tertiary/aromatic N) is 3. The van der Waals surface area contributed by atoms with E-state index in [0.29, 0.717) is 22.4 Å². The maximum absolute atomic E-state index is 11.7. The number of carbonyl (C=O) groups is 2. The summed E-state index contributed by atoms with van der Waals surface area (Å²) < 4.78 is 0. The summed E-state index contributed by atoms with van der Waals surface area (Å²) in [5.41, 5.74) is 1.37. The Morgan fingerprint density at radius 3 is 2.50 bits per heavy atom. The lowest BCUT2D eigenvalue weighted by atomic mass is 10.1. The van der Waals surface area contributed by atoms with Crippen molar-refractivity contribution in [2.45, 2.75) is 6.92 Å². The average Bonchev–Trinajstić information content (AvgIpc) is 2.54. The first-order chi connectivity index (χ1) is 11.4. The van der Waals surface area contributed by atoms with Crippen LogP contribution in [-0.2, 0) is 4.79 Å². The molecular formula is C17H20N4O3. The predicted molar refractivity (Wildman–Crippen MR) is 92.7 cm³/mol. The predicted octanol–water partition coefficient (Wildman–Crippen LogP) is 1.64. The monoisotopic (exact) mass is 328 g/mol. The molecule has 3 rings (SSSR count). The Morgan fingerprint density at radius 2 is 1.88 bits per heavy atom. The summed E-state index contributed by atoms with van der Waals surface area (Å²) in [7, 11) is 2.07. The first kappa shape index (κ1) is 16.2. The molecular weight excluding hydrogens is 308 g/mol. The van der Waals surface area contributed by atoms with Gasteiger partial charge in [0.25, 0.3) is 0 Å². The lowest BCUT2D eigenvalue weighted by molar-refractivity contribution is -0.114. The fourth-order valence-corrected chi connectivity index (χ4v) is 2.87. The molecule has 7 heteroatoms. The third kappa shape index (κ3) is 3.30. The van der Waals surface area contributed by atoms with E-state index in [1.807, 2.05) is 0 Å². The summed E-state index contributed by atoms with van der Waals surface area (Å²) in [4.78, 5) is 31.8. The van der Waals surface area contributed by atoms with E-state index in [2.05, 4.69) is 27.1 Å². The van der Waals surface area contributed by atoms with Gasteiger partial charge in [-0.25, -0.2) is 9.78 Å². The van der Waals surface area contributed by atoms with E-state index in [-0.39, 0.29) is 11.5 Å². The van der Waals surface area contributed by atoms with Gasteiger partial charge in [-0.3, -0.25) is 4.79 Å². The molecule has 126 valence electrons. The van der Waals surface area contributed by atoms with Crippen molar-refractivity contribution in [2.24, 2.45) is 0 Å². The molecule has 24 heavy (non-hydrogen) atoms. The van der Waals surface area contributed by atoms with Gasteiger partial charge in [-0.1, -0.05) is 0 Å². The second kappa shape index (κ2) is 6.45. The number of carbonyl (C=O) groups excluding carboxylic acids is 1. The second-order valence-electron chi connectivity index (χ2n) is 6.04. The van der Waals surface area contributed by atoms with Crippen LogP contribution in [0, 0.1) is 0 Å². The highest BCUT2D eigenvalue weighted by Gasteiger charge is 2.19. The number of hydrogen-bond acceptors (Lipinski definition) is 5. The molecule has 0 unspecified atom stereocenters. The van der Waals surface area contributed by atoms with Crippen molar-refractivity contribution in [3.63, 3.8) is 0 Å². The normalized spacial score (nSPS) is 15.5. The second-order valence-corrected chi connectivity index (χ2v) is 6.04. The molecule has 0 aliphatic carbocycles. The fourth-order valence-electron chi connectivity index (χ4n) is 2.87. The number of aromatic carboxylic acids is 1. The number of carboxylic acids is 1. The van der Waals surface area contributed by atoms with Gasteiger partial charge in [-0.15, -0.1) is 0 Å². The van der Waals surface area contributed by atoms with Crippen molar-refractivity contribution in [1.82, 2.24) is 9.88 Å². The van der Waals surface area contributed by atoms with E-state index in [4.69, 9.17) is 0 Å². The molecule has 1 aromatic heterocycles. The largest absolute Gasteiger partial charge is 0.478 e. The molecule has 1 aliphatic heterocycles. The van der Waals surface area contributed by atoms with E-state index in [1.165, 1.54) is 6.92 Å². The number of rotatable bonds is 3. The lowest BCUT2D eigenvalue weighted by Crippen LogP contribution is -2.44. The Balaban J connectivity index is 2.04. The van der Waals surface area contributed by atoms with Crippen molar-refractivity contribution in [1.29, 1.82) is 0 Å². The van der Waals surface area contributed by atoms with Gasteiger partial charge in [-0.2, -0.15) is 0 Å². The highest BCUT2D eigenvalue weighted by Crippen LogP contribution is 2.26. The molecule has 0 radical (unpaired) electrons. The average molecular weight is 328 g/mol. The minimum atomic E-state index is -1.00. The highest BCUT2D eigenvalue weighted by atomic mass is 16.4. The van der Waals surface area contributed by atoms with Crippen LogP contribution >= 0.6 is 0 Å². The molecule has 1 fully saturated rings. The SMILES string of the molecule is CC(=O)Nc1ccc2nc(N3CCN(C)CC3)cc(C(=O)O)c2c1. The summed E-state index contributed by atoms with van der Waals surface area (Å²) in [6, 6.07) is 6.75. The standard InChI is InChI=1S/C17H20N4O3/c1-11(22)18-12-3-4-15-13(9-12)14(17(23)24)10-16(19-15)21-7-5-20(2)6-8-21/h3-4,9-10H,5-8H2,1-2H3,(H,18,22)(H,23,24). The summed E-state index contributed by atoms with van der Waals surface area (Å²) in [6.07, 6.45) is 0. The molecule has 2 aromatic rings. The van der Waals surface area contributed by atoms with E-state index in [0.717, 1.165) is 26.2 Å². The number of likely N-dealkylation sites (N-methyl/N-ethyl adjacent to an activating group) is 1. The third-order valence-corrected chi connectivity index (χ3v) is 4.17. The maximum Gasteiger partial charge on any atom is 0.336 e. The third-order valence-electron chi connectivity index (χ3n) is 4.17. The van der Waals surface area contributed by atoms with Gasteiger partial charge in [0.05, 0.1) is 11.1 Å². The van der Waals surface area contributed by atoms with Crippen LogP contribution < -0.4 is 10.2 Å². The molecule has 1 amide bonds. The molecule has 0 atom stereocenters. The number of aromatic nitrogens is 1. The van der Waals surface area contributed by atoms with Gasteiger partial charge in [0.1, 0.15) is 5.82 Å². The number of nitrogens with one attached hydrogen (secondary N) is 1. The van der Waals surface area contributed by atoms with E-state index in [9.17, 15) is 14.7 Å². The fraction of sp³-hybridized carbons (Fsp3) is 0.353. The Labute approximate surface area is 139 Å². The van der Waals surface area contributed by atoms with Crippen LogP contribution in [0.4, 0.5) is 11.5 Å². The first-order valence-electron chi connectivity index (χ1n) is 7.83. The van der Waals surface area contributed by atoms with Gasteiger partial charge in [0.2, 0.25) is 5.91 Å². The van der Waals surface area contributed by atoms with Crippen molar-refractivity contribution >= 4 is 34.3 Å². The molecule has 0 bridgehead atoms. The van der Waals surface area contributed by atoms with Gasteiger partial charge in [0, 0.05) is 44.2 Å². The van der Waals surface area contributed by atoms with Crippen LogP contribution in [0.2, 0.25) is 0 Å². The molecule has 1 aromatic carbocycles. The van der Waals surface area contributed by atoms with E-state index < -0.39 is 5.97 Å². The zero-order chi connectivity index (χ0) is 17.3. The van der Waals surface area contributed by atoms with Crippen LogP contribution in [0.1, 0.15) is 17.3 Å². The molecule has 1 aliphatic rings. The highest BCUT2D eigenvalue weighted by molar-refractivity contribution is 6.05. The number of piperazine rings is 1. The number of pyridine rings is 1. The minimum Gasteiger partial charge on any atom is -0.478 e. The van der Waals surface area contributed by atoms with E-state index >= 15 is 0 Å². The number of fused-ring (bicyclic) bond motifs is 1. The summed E-state index contributed by atoms with van der Waals surface area (Å²) >= 11 is 0. The van der Waals surface area contributed by atoms with E-state index in [1.54, 1.807) is 24.3 Å². The lowest BCUT2D eigenvalue weighted by Gasteiger charge is -2.33. The van der Waals surface area contributed by atoms with Crippen LogP contribution in [0.3, 0.4) is 0 Å². The van der Waals surface area contributed by atoms with Crippen LogP contribution in [0.5, 0.6) is 0 Å². The zero-order valence-corrected chi connectivity index (χ0v) is 13.7. The first-order valence-corrected chi connectivity index (χ1v) is 7.83. The van der Waals surface area contributed by atoms with Crippen LogP contribution in [0.25, 0.3) is 10.9 Å². The van der Waals surface area contributed by atoms with Crippen LogP contribution in [-0.4, -0.2) is 60.1 Å². The number of hydrogen-bond donors (Lipinski definition) is 2. The smallest absolute Gasteiger partial charge is 0.336 e. The van der Waals surface area contributed by atoms with Gasteiger partial charge < -0.3 is 20.2 Å². The van der Waals surface area contributed by atoms with Gasteiger partial charge in [-0.05, 0) is 31.3 Å². The molecule has 1 saturated heterocycles. The number of carboxylic acid groups (broad SMARTS) is 1. The minimum absolute atomic E-state index is 0.195. The molecule has 2 N–H and O–H groups in total. The molecule has 2 heterocycles. The molecule has 0 saturated carbocycles. The van der Waals surface area contributed by atoms with Crippen molar-refractivity contribution in [3.8, 4) is 0 Å². The number of benzene rings is 1. The topological polar surface area (TPSA) is 85.8 Å². The number of anilines is 2. The Kier molecular flexibility index (Phi) is 4.35. The summed E-state index contributed by atoms with van der Waals surface area (Å²) in [5, 5.41) is 12.8. The summed E-state index contributed by atoms with van der Waals surface area (Å²) in [6.45, 7) is 4.89. The Morgan fingerprint density at radius 1 is 1.17 bits per heavy atom. The van der Waals surface area contributed by atoms with Crippen molar-refractivity contribution in [3.05, 3.63) is 29.8 Å². The van der Waals surface area contributed by atoms with Gasteiger partial charge >= 0.3 is 5.97 Å². The Hall–Kier alpha value is -2.67. The van der Waals surface area contributed by atoms with Crippen molar-refractivity contribution < 1.29 is 14.7 Å². The van der Waals surface area contributed by atoms with Gasteiger partial charge in [0.15, 0.2) is 0 Å². The molecule has 7 nitrogen and oxygen atoms in total. The zero-order valence-electron chi connectivity index (χ0n) is 13.7. The molecule has 0 spiro atoms. The van der Waals surface area contributed by atoms with Crippen molar-refractivity contribution in [2.75, 3.05) is 43.4 Å². The Bertz CT molecular complexity index is 798.